The van der Waals surface area contributed by atoms with Gasteiger partial charge in [0.15, 0.2) is 0 Å². The average molecular weight is 475 g/mol. The fourth-order valence-electron chi connectivity index (χ4n) is 3.17. The molecule has 0 aromatic heterocycles. The Morgan fingerprint density at radius 3 is 1.21 bits per heavy atom. The van der Waals surface area contributed by atoms with E-state index in [1.165, 1.54) is 64.2 Å². The van der Waals surface area contributed by atoms with Crippen molar-refractivity contribution in [2.45, 2.75) is 104 Å². The first-order chi connectivity index (χ1) is 16.2. The summed E-state index contributed by atoms with van der Waals surface area (Å²) in [5.74, 6) is -0.969. The quantitative estimate of drug-likeness (QED) is 0.119. The van der Waals surface area contributed by atoms with Gasteiger partial charge in [0.05, 0.1) is 13.2 Å². The second-order valence-corrected chi connectivity index (χ2v) is 8.40. The van der Waals surface area contributed by atoms with Crippen molar-refractivity contribution in [3.8, 4) is 0 Å². The Balaban J connectivity index is 3.29. The van der Waals surface area contributed by atoms with Crippen LogP contribution >= 0.6 is 0 Å². The molecule has 0 amide bonds. The lowest BCUT2D eigenvalue weighted by molar-refractivity contribution is -0.155. The van der Waals surface area contributed by atoms with Gasteiger partial charge < -0.3 is 23.7 Å². The highest BCUT2D eigenvalue weighted by Crippen LogP contribution is 2.06. The summed E-state index contributed by atoms with van der Waals surface area (Å²) in [4.78, 5) is 23.2. The maximum atomic E-state index is 11.6. The van der Waals surface area contributed by atoms with Crippen molar-refractivity contribution in [2.75, 3.05) is 52.9 Å². The molecule has 0 atom stereocenters. The van der Waals surface area contributed by atoms with Crippen molar-refractivity contribution in [2.24, 2.45) is 0 Å². The topological polar surface area (TPSA) is 80.3 Å². The first-order valence-corrected chi connectivity index (χ1v) is 13.2. The number of carbonyl (C=O) groups is 2. The second-order valence-electron chi connectivity index (χ2n) is 8.40. The Hall–Kier alpha value is -1.18. The second kappa shape index (κ2) is 27.1. The van der Waals surface area contributed by atoms with Gasteiger partial charge in [-0.2, -0.15) is 0 Å². The Morgan fingerprint density at radius 1 is 0.424 bits per heavy atom. The lowest BCUT2D eigenvalue weighted by Crippen LogP contribution is -2.19. The molecule has 33 heavy (non-hydrogen) atoms. The van der Waals surface area contributed by atoms with E-state index >= 15 is 0 Å². The molecule has 0 aromatic rings. The molecule has 0 bridgehead atoms. The average Bonchev–Trinajstić information content (AvgIpc) is 2.81. The zero-order valence-corrected chi connectivity index (χ0v) is 21.4. The van der Waals surface area contributed by atoms with E-state index in [9.17, 15) is 9.59 Å². The van der Waals surface area contributed by atoms with Crippen molar-refractivity contribution < 1.29 is 33.3 Å². The maximum absolute atomic E-state index is 11.6. The molecule has 0 heterocycles. The van der Waals surface area contributed by atoms with Crippen LogP contribution in [0.1, 0.15) is 104 Å². The Morgan fingerprint density at radius 2 is 0.788 bits per heavy atom. The van der Waals surface area contributed by atoms with E-state index in [-0.39, 0.29) is 13.2 Å². The van der Waals surface area contributed by atoms with Crippen molar-refractivity contribution in [1.82, 2.24) is 0 Å². The van der Waals surface area contributed by atoms with Gasteiger partial charge in [-0.25, -0.2) is 9.59 Å². The standard InChI is InChI=1S/C26H50O7/c1-3-5-7-9-11-13-17-29-19-15-21-32-25(27)23-31-24-26(28)33-22-16-20-30-18-14-12-10-8-6-4-2/h3-24H2,1-2H3. The largest absolute Gasteiger partial charge is 0.464 e. The van der Waals surface area contributed by atoms with Crippen LogP contribution in [0.15, 0.2) is 0 Å². The predicted molar refractivity (Wildman–Crippen MR) is 130 cm³/mol. The summed E-state index contributed by atoms with van der Waals surface area (Å²) >= 11 is 0. The zero-order valence-electron chi connectivity index (χ0n) is 21.4. The van der Waals surface area contributed by atoms with Crippen LogP contribution in [0.4, 0.5) is 0 Å². The van der Waals surface area contributed by atoms with Gasteiger partial charge in [-0.15, -0.1) is 0 Å². The number of ether oxygens (including phenoxy) is 5. The number of hydrogen-bond acceptors (Lipinski definition) is 7. The van der Waals surface area contributed by atoms with Crippen LogP contribution < -0.4 is 0 Å². The third kappa shape index (κ3) is 26.9. The summed E-state index contributed by atoms with van der Waals surface area (Å²) < 4.78 is 26.2. The van der Waals surface area contributed by atoms with Crippen molar-refractivity contribution in [3.63, 3.8) is 0 Å². The Labute approximate surface area is 202 Å². The molecule has 196 valence electrons. The van der Waals surface area contributed by atoms with Gasteiger partial charge in [-0.05, 0) is 12.8 Å². The highest BCUT2D eigenvalue weighted by molar-refractivity contribution is 5.73. The van der Waals surface area contributed by atoms with Crippen molar-refractivity contribution >= 4 is 11.9 Å². The number of esters is 2. The molecule has 0 aliphatic rings. The Kier molecular flexibility index (Phi) is 26.1. The molecule has 0 rings (SSSR count). The molecule has 0 aliphatic heterocycles. The SMILES string of the molecule is CCCCCCCCOCCCOC(=O)COCC(=O)OCCCOCCCCCCCC. The smallest absolute Gasteiger partial charge is 0.332 e. The van der Waals surface area contributed by atoms with Gasteiger partial charge in [-0.3, -0.25) is 0 Å². The van der Waals surface area contributed by atoms with Gasteiger partial charge in [0, 0.05) is 39.3 Å². The van der Waals surface area contributed by atoms with E-state index < -0.39 is 11.9 Å². The molecule has 0 unspecified atom stereocenters. The van der Waals surface area contributed by atoms with Crippen LogP contribution in [0.3, 0.4) is 0 Å². The minimum absolute atomic E-state index is 0.255. The lowest BCUT2D eigenvalue weighted by atomic mass is 10.1. The number of hydrogen-bond donors (Lipinski definition) is 0. The normalized spacial score (nSPS) is 11.0. The third-order valence-corrected chi connectivity index (χ3v) is 5.12. The van der Waals surface area contributed by atoms with Gasteiger partial charge in [0.25, 0.3) is 0 Å². The first kappa shape index (κ1) is 31.8. The van der Waals surface area contributed by atoms with Crippen LogP contribution in [-0.2, 0) is 33.3 Å². The first-order valence-electron chi connectivity index (χ1n) is 13.2. The van der Waals surface area contributed by atoms with Crippen molar-refractivity contribution in [3.05, 3.63) is 0 Å². The van der Waals surface area contributed by atoms with Crippen LogP contribution in [0.25, 0.3) is 0 Å². The maximum Gasteiger partial charge on any atom is 0.332 e. The van der Waals surface area contributed by atoms with E-state index in [0.717, 1.165) is 26.1 Å². The minimum Gasteiger partial charge on any atom is -0.464 e. The third-order valence-electron chi connectivity index (χ3n) is 5.12. The summed E-state index contributed by atoms with van der Waals surface area (Å²) in [5, 5.41) is 0. The van der Waals surface area contributed by atoms with E-state index in [0.29, 0.717) is 39.3 Å². The van der Waals surface area contributed by atoms with Crippen LogP contribution in [-0.4, -0.2) is 64.8 Å². The molecule has 0 aliphatic carbocycles. The molecule has 0 saturated carbocycles. The highest BCUT2D eigenvalue weighted by Gasteiger charge is 2.07. The predicted octanol–water partition coefficient (Wildman–Crippen LogP) is 5.62. The highest BCUT2D eigenvalue weighted by atomic mass is 16.6. The molecule has 7 heteroatoms. The van der Waals surface area contributed by atoms with E-state index in [2.05, 4.69) is 13.8 Å². The summed E-state index contributed by atoms with van der Waals surface area (Å²) in [5.41, 5.74) is 0. The summed E-state index contributed by atoms with van der Waals surface area (Å²) in [6, 6.07) is 0. The molecule has 7 nitrogen and oxygen atoms in total. The summed E-state index contributed by atoms with van der Waals surface area (Å²) in [6.07, 6.45) is 16.2. The van der Waals surface area contributed by atoms with Gasteiger partial charge in [0.2, 0.25) is 0 Å². The van der Waals surface area contributed by atoms with Gasteiger partial charge >= 0.3 is 11.9 Å². The number of unbranched alkanes of at least 4 members (excludes halogenated alkanes) is 10. The Bertz CT molecular complexity index is 391. The van der Waals surface area contributed by atoms with Crippen LogP contribution in [0, 0.1) is 0 Å². The zero-order chi connectivity index (χ0) is 24.2. The van der Waals surface area contributed by atoms with Crippen LogP contribution in [0.2, 0.25) is 0 Å². The monoisotopic (exact) mass is 474 g/mol. The fourth-order valence-corrected chi connectivity index (χ4v) is 3.17. The molecule has 0 fully saturated rings. The van der Waals surface area contributed by atoms with Crippen LogP contribution in [0.5, 0.6) is 0 Å². The molecule has 0 aromatic carbocycles. The molecule has 0 N–H and O–H groups in total. The minimum atomic E-state index is -0.484. The fraction of sp³-hybridized carbons (Fsp3) is 0.923. The van der Waals surface area contributed by atoms with Gasteiger partial charge in [-0.1, -0.05) is 78.1 Å². The molecular formula is C26H50O7. The molecular weight excluding hydrogens is 424 g/mol. The number of rotatable bonds is 26. The summed E-state index contributed by atoms with van der Waals surface area (Å²) in [6.45, 7) is 7.19. The number of carbonyl (C=O) groups excluding carboxylic acids is 2. The van der Waals surface area contributed by atoms with Gasteiger partial charge in [0.1, 0.15) is 13.2 Å². The molecule has 0 spiro atoms. The van der Waals surface area contributed by atoms with Crippen molar-refractivity contribution in [1.29, 1.82) is 0 Å². The van der Waals surface area contributed by atoms with E-state index in [4.69, 9.17) is 23.7 Å². The summed E-state index contributed by atoms with van der Waals surface area (Å²) in [7, 11) is 0. The van der Waals surface area contributed by atoms with E-state index in [1.807, 2.05) is 0 Å². The molecule has 0 saturated heterocycles. The van der Waals surface area contributed by atoms with E-state index in [1.54, 1.807) is 0 Å². The molecule has 0 radical (unpaired) electrons. The lowest BCUT2D eigenvalue weighted by Gasteiger charge is -2.08.